The predicted molar refractivity (Wildman–Crippen MR) is 162 cm³/mol. The standard InChI is InChI=1S/C32H41N3O5S/c1-7-29(32(37)33-20-23(2)3)34(21-26-12-11-13-27(19-26)40-6)31(36)22-35(30-17-16-24(4)18-25(30)5)41(38,39)28-14-9-8-10-15-28/h8-19,23,29H,7,20-22H2,1-6H3,(H,33,37)/t29-/m0/s1. The number of rotatable bonds is 13. The molecule has 0 radical (unpaired) electrons. The van der Waals surface area contributed by atoms with E-state index in [0.29, 0.717) is 24.4 Å². The monoisotopic (exact) mass is 579 g/mol. The number of carbonyl (C=O) groups is 2. The number of methoxy groups -OCH3 is 1. The van der Waals surface area contributed by atoms with Crippen LogP contribution in [0.3, 0.4) is 0 Å². The molecule has 0 heterocycles. The summed E-state index contributed by atoms with van der Waals surface area (Å²) in [5.41, 5.74) is 2.86. The third-order valence-electron chi connectivity index (χ3n) is 6.79. The van der Waals surface area contributed by atoms with Gasteiger partial charge in [0.15, 0.2) is 0 Å². The van der Waals surface area contributed by atoms with E-state index in [1.807, 2.05) is 65.0 Å². The highest BCUT2D eigenvalue weighted by atomic mass is 32.2. The molecule has 0 aliphatic heterocycles. The molecule has 41 heavy (non-hydrogen) atoms. The first-order valence-corrected chi connectivity index (χ1v) is 15.3. The van der Waals surface area contributed by atoms with Crippen LogP contribution in [0.25, 0.3) is 0 Å². The number of hydrogen-bond acceptors (Lipinski definition) is 5. The van der Waals surface area contributed by atoms with Crippen LogP contribution in [0.5, 0.6) is 5.75 Å². The highest BCUT2D eigenvalue weighted by Crippen LogP contribution is 2.28. The minimum atomic E-state index is -4.11. The van der Waals surface area contributed by atoms with Crippen molar-refractivity contribution in [3.8, 4) is 5.75 Å². The molecule has 9 heteroatoms. The molecule has 0 unspecified atom stereocenters. The van der Waals surface area contributed by atoms with Gasteiger partial charge >= 0.3 is 0 Å². The van der Waals surface area contributed by atoms with Crippen LogP contribution < -0.4 is 14.4 Å². The maximum atomic E-state index is 14.2. The fourth-order valence-electron chi connectivity index (χ4n) is 4.63. The number of nitrogens with one attached hydrogen (secondary N) is 1. The number of sulfonamides is 1. The Labute approximate surface area is 244 Å². The van der Waals surface area contributed by atoms with E-state index in [2.05, 4.69) is 5.32 Å². The lowest BCUT2D eigenvalue weighted by Gasteiger charge is -2.33. The van der Waals surface area contributed by atoms with E-state index in [4.69, 9.17) is 4.74 Å². The Balaban J connectivity index is 2.08. The van der Waals surface area contributed by atoms with E-state index >= 15 is 0 Å². The summed E-state index contributed by atoms with van der Waals surface area (Å²) >= 11 is 0. The number of anilines is 1. The zero-order valence-corrected chi connectivity index (χ0v) is 25.6. The smallest absolute Gasteiger partial charge is 0.264 e. The van der Waals surface area contributed by atoms with Gasteiger partial charge in [-0.1, -0.05) is 68.8 Å². The van der Waals surface area contributed by atoms with Gasteiger partial charge in [0.1, 0.15) is 18.3 Å². The molecule has 0 saturated heterocycles. The molecular formula is C32H41N3O5S. The van der Waals surface area contributed by atoms with Gasteiger partial charge in [0.05, 0.1) is 17.7 Å². The largest absolute Gasteiger partial charge is 0.497 e. The SMILES string of the molecule is CC[C@@H](C(=O)NCC(C)C)N(Cc1cccc(OC)c1)C(=O)CN(c1ccc(C)cc1C)S(=O)(=O)c1ccccc1. The summed E-state index contributed by atoms with van der Waals surface area (Å²) in [6.07, 6.45) is 0.356. The van der Waals surface area contributed by atoms with Crippen molar-refractivity contribution in [1.29, 1.82) is 0 Å². The Morgan fingerprint density at radius 2 is 1.66 bits per heavy atom. The summed E-state index contributed by atoms with van der Waals surface area (Å²) in [4.78, 5) is 29.1. The molecule has 3 aromatic carbocycles. The number of ether oxygens (including phenoxy) is 1. The number of benzene rings is 3. The van der Waals surface area contributed by atoms with Crippen molar-refractivity contribution in [2.24, 2.45) is 5.92 Å². The van der Waals surface area contributed by atoms with E-state index in [0.717, 1.165) is 21.0 Å². The van der Waals surface area contributed by atoms with Gasteiger partial charge in [0.25, 0.3) is 10.0 Å². The van der Waals surface area contributed by atoms with Crippen LogP contribution in [0, 0.1) is 19.8 Å². The van der Waals surface area contributed by atoms with Gasteiger partial charge in [-0.25, -0.2) is 8.42 Å². The van der Waals surface area contributed by atoms with E-state index in [1.165, 1.54) is 17.0 Å². The lowest BCUT2D eigenvalue weighted by atomic mass is 10.1. The minimum Gasteiger partial charge on any atom is -0.497 e. The fourth-order valence-corrected chi connectivity index (χ4v) is 6.13. The van der Waals surface area contributed by atoms with Gasteiger partial charge in [-0.3, -0.25) is 13.9 Å². The van der Waals surface area contributed by atoms with Gasteiger partial charge in [-0.2, -0.15) is 0 Å². The molecule has 1 N–H and O–H groups in total. The van der Waals surface area contributed by atoms with Crippen molar-refractivity contribution in [3.05, 3.63) is 89.5 Å². The van der Waals surface area contributed by atoms with Gasteiger partial charge < -0.3 is 15.0 Å². The predicted octanol–water partition coefficient (Wildman–Crippen LogP) is 5.09. The Hall–Kier alpha value is -3.85. The molecule has 220 valence electrons. The van der Waals surface area contributed by atoms with Crippen LogP contribution in [-0.2, 0) is 26.2 Å². The van der Waals surface area contributed by atoms with Gasteiger partial charge in [0.2, 0.25) is 11.8 Å². The van der Waals surface area contributed by atoms with Crippen molar-refractivity contribution in [1.82, 2.24) is 10.2 Å². The van der Waals surface area contributed by atoms with Gasteiger partial charge in [-0.05, 0) is 67.6 Å². The lowest BCUT2D eigenvalue weighted by Crippen LogP contribution is -2.52. The maximum absolute atomic E-state index is 14.2. The second kappa shape index (κ2) is 14.2. The van der Waals surface area contributed by atoms with Crippen LogP contribution in [0.4, 0.5) is 5.69 Å². The van der Waals surface area contributed by atoms with E-state index in [1.54, 1.807) is 37.4 Å². The number of hydrogen-bond donors (Lipinski definition) is 1. The average Bonchev–Trinajstić information content (AvgIpc) is 2.95. The molecule has 1 atom stereocenters. The van der Waals surface area contributed by atoms with E-state index in [9.17, 15) is 18.0 Å². The van der Waals surface area contributed by atoms with E-state index in [-0.39, 0.29) is 23.3 Å². The molecule has 0 saturated carbocycles. The number of nitrogens with zero attached hydrogens (tertiary/aromatic N) is 2. The van der Waals surface area contributed by atoms with Crippen LogP contribution in [0.2, 0.25) is 0 Å². The summed E-state index contributed by atoms with van der Waals surface area (Å²) in [6.45, 7) is 9.68. The molecule has 3 aromatic rings. The average molecular weight is 580 g/mol. The highest BCUT2D eigenvalue weighted by molar-refractivity contribution is 7.92. The zero-order valence-electron chi connectivity index (χ0n) is 24.8. The zero-order chi connectivity index (χ0) is 30.2. The quantitative estimate of drug-likeness (QED) is 0.305. The van der Waals surface area contributed by atoms with Crippen molar-refractivity contribution >= 4 is 27.5 Å². The maximum Gasteiger partial charge on any atom is 0.264 e. The summed E-state index contributed by atoms with van der Waals surface area (Å²) in [6, 6.07) is 20.0. The van der Waals surface area contributed by atoms with Crippen molar-refractivity contribution < 1.29 is 22.7 Å². The minimum absolute atomic E-state index is 0.0776. The summed E-state index contributed by atoms with van der Waals surface area (Å²) in [7, 11) is -2.55. The van der Waals surface area contributed by atoms with Crippen LogP contribution in [-0.4, -0.2) is 51.4 Å². The Morgan fingerprint density at radius 3 is 2.27 bits per heavy atom. The number of carbonyl (C=O) groups excluding carboxylic acids is 2. The lowest BCUT2D eigenvalue weighted by molar-refractivity contribution is -0.140. The molecule has 8 nitrogen and oxygen atoms in total. The van der Waals surface area contributed by atoms with Gasteiger partial charge in [-0.15, -0.1) is 0 Å². The molecule has 0 aromatic heterocycles. The second-order valence-corrected chi connectivity index (χ2v) is 12.4. The summed E-state index contributed by atoms with van der Waals surface area (Å²) in [5, 5.41) is 2.94. The Kier molecular flexibility index (Phi) is 10.9. The first-order chi connectivity index (χ1) is 19.5. The number of aryl methyl sites for hydroxylation is 2. The van der Waals surface area contributed by atoms with Crippen LogP contribution in [0.15, 0.2) is 77.7 Å². The number of amides is 2. The topological polar surface area (TPSA) is 96.0 Å². The molecule has 0 spiro atoms. The molecule has 0 fully saturated rings. The van der Waals surface area contributed by atoms with Crippen molar-refractivity contribution in [3.63, 3.8) is 0 Å². The van der Waals surface area contributed by atoms with Gasteiger partial charge in [0, 0.05) is 13.1 Å². The van der Waals surface area contributed by atoms with E-state index < -0.39 is 28.5 Å². The fraction of sp³-hybridized carbons (Fsp3) is 0.375. The molecule has 2 amide bonds. The normalized spacial score (nSPS) is 12.1. The van der Waals surface area contributed by atoms with Crippen LogP contribution in [0.1, 0.15) is 43.9 Å². The van der Waals surface area contributed by atoms with Crippen molar-refractivity contribution in [2.75, 3.05) is 24.5 Å². The highest BCUT2D eigenvalue weighted by Gasteiger charge is 2.34. The summed E-state index contributed by atoms with van der Waals surface area (Å²) < 4.78 is 34.5. The Bertz CT molecular complexity index is 1440. The second-order valence-electron chi connectivity index (χ2n) is 10.6. The van der Waals surface area contributed by atoms with Crippen LogP contribution >= 0.6 is 0 Å². The molecule has 0 aliphatic rings. The third kappa shape index (κ3) is 8.10. The first-order valence-electron chi connectivity index (χ1n) is 13.8. The third-order valence-corrected chi connectivity index (χ3v) is 8.56. The first kappa shape index (κ1) is 31.7. The Morgan fingerprint density at radius 1 is 0.951 bits per heavy atom. The molecule has 0 bridgehead atoms. The van der Waals surface area contributed by atoms with Crippen molar-refractivity contribution in [2.45, 2.75) is 58.5 Å². The molecule has 3 rings (SSSR count). The molecular weight excluding hydrogens is 538 g/mol. The molecule has 0 aliphatic carbocycles. The summed E-state index contributed by atoms with van der Waals surface area (Å²) in [5.74, 6) is 0.0889.